The number of fused-ring (bicyclic) bond motifs is 2. The molecule has 7 heteroatoms. The predicted molar refractivity (Wildman–Crippen MR) is 98.1 cm³/mol. The van der Waals surface area contributed by atoms with E-state index in [4.69, 9.17) is 11.6 Å². The summed E-state index contributed by atoms with van der Waals surface area (Å²) in [7, 11) is 0. The second-order valence-electron chi connectivity index (χ2n) is 5.43. The molecule has 1 unspecified atom stereocenters. The van der Waals surface area contributed by atoms with E-state index in [1.807, 2.05) is 30.3 Å². The number of benzene rings is 2. The molecule has 5 nitrogen and oxygen atoms in total. The number of halogens is 1. The van der Waals surface area contributed by atoms with Gasteiger partial charge in [-0.2, -0.15) is 4.52 Å². The quantitative estimate of drug-likeness (QED) is 0.599. The Balaban J connectivity index is 1.73. The second kappa shape index (κ2) is 5.89. The van der Waals surface area contributed by atoms with E-state index in [-0.39, 0.29) is 11.6 Å². The number of hydrogen-bond donors (Lipinski definition) is 1. The first kappa shape index (κ1) is 15.1. The third-order valence-electron chi connectivity index (χ3n) is 3.88. The van der Waals surface area contributed by atoms with Gasteiger partial charge in [0.1, 0.15) is 0 Å². The molecule has 0 saturated heterocycles. The van der Waals surface area contributed by atoms with Gasteiger partial charge >= 0.3 is 0 Å². The molecule has 2 aromatic heterocycles. The summed E-state index contributed by atoms with van der Waals surface area (Å²) in [6.45, 7) is 2.05. The molecule has 0 radical (unpaired) electrons. The monoisotopic (exact) mass is 356 g/mol. The summed E-state index contributed by atoms with van der Waals surface area (Å²) in [4.78, 5) is 16.5. The van der Waals surface area contributed by atoms with Gasteiger partial charge in [-0.05, 0) is 23.9 Å². The van der Waals surface area contributed by atoms with Gasteiger partial charge in [-0.25, -0.2) is 4.98 Å². The lowest BCUT2D eigenvalue weighted by atomic mass is 10.00. The molecule has 2 heterocycles. The van der Waals surface area contributed by atoms with Crippen molar-refractivity contribution in [1.29, 1.82) is 0 Å². The minimum Gasteiger partial charge on any atom is -0.354 e. The first-order valence-corrected chi connectivity index (χ1v) is 8.61. The number of hydrogen-bond acceptors (Lipinski definition) is 5. The van der Waals surface area contributed by atoms with E-state index in [1.54, 1.807) is 0 Å². The molecule has 2 aromatic carbocycles. The van der Waals surface area contributed by atoms with E-state index in [1.165, 1.54) is 28.1 Å². The van der Waals surface area contributed by atoms with Crippen LogP contribution in [0.2, 0.25) is 5.02 Å². The summed E-state index contributed by atoms with van der Waals surface area (Å²) >= 11 is 7.63. The molecule has 0 fully saturated rings. The van der Waals surface area contributed by atoms with Gasteiger partial charge in [-0.3, -0.25) is 4.79 Å². The van der Waals surface area contributed by atoms with Crippen molar-refractivity contribution < 1.29 is 0 Å². The van der Waals surface area contributed by atoms with E-state index in [9.17, 15) is 4.79 Å². The Hall–Kier alpha value is -2.44. The van der Waals surface area contributed by atoms with E-state index in [0.29, 0.717) is 10.1 Å². The highest BCUT2D eigenvalue weighted by atomic mass is 35.5. The Labute approximate surface area is 146 Å². The van der Waals surface area contributed by atoms with Gasteiger partial charge in [0, 0.05) is 22.7 Å². The SMILES string of the molecule is CC(Nc1nn2c(=O)ccnc2s1)c1ccc(Cl)c2ccccc12. The van der Waals surface area contributed by atoms with Crippen molar-refractivity contribution in [3.8, 4) is 0 Å². The fourth-order valence-corrected chi connectivity index (χ4v) is 3.82. The van der Waals surface area contributed by atoms with Crippen molar-refractivity contribution in [1.82, 2.24) is 14.6 Å². The lowest BCUT2D eigenvalue weighted by Gasteiger charge is -2.16. The fraction of sp³-hybridized carbons (Fsp3) is 0.118. The maximum atomic E-state index is 11.8. The lowest BCUT2D eigenvalue weighted by molar-refractivity contribution is 0.853. The van der Waals surface area contributed by atoms with Gasteiger partial charge < -0.3 is 5.32 Å². The zero-order chi connectivity index (χ0) is 16.7. The average molecular weight is 357 g/mol. The molecule has 1 atom stereocenters. The molecule has 0 bridgehead atoms. The van der Waals surface area contributed by atoms with Crippen molar-refractivity contribution in [3.63, 3.8) is 0 Å². The van der Waals surface area contributed by atoms with E-state index < -0.39 is 0 Å². The van der Waals surface area contributed by atoms with Crippen LogP contribution in [0.15, 0.2) is 53.5 Å². The van der Waals surface area contributed by atoms with Crippen LogP contribution in [-0.2, 0) is 0 Å². The van der Waals surface area contributed by atoms with Crippen LogP contribution >= 0.6 is 22.9 Å². The highest BCUT2D eigenvalue weighted by molar-refractivity contribution is 7.20. The highest BCUT2D eigenvalue weighted by Gasteiger charge is 2.14. The maximum Gasteiger partial charge on any atom is 0.275 e. The number of rotatable bonds is 3. The molecule has 0 spiro atoms. The van der Waals surface area contributed by atoms with Crippen LogP contribution in [0.5, 0.6) is 0 Å². The molecule has 0 aliphatic carbocycles. The van der Waals surface area contributed by atoms with Gasteiger partial charge in [0.15, 0.2) is 0 Å². The first-order valence-electron chi connectivity index (χ1n) is 7.42. The predicted octanol–water partition coefficient (Wildman–Crippen LogP) is 4.13. The number of nitrogens with one attached hydrogen (secondary N) is 1. The summed E-state index contributed by atoms with van der Waals surface area (Å²) in [6.07, 6.45) is 1.50. The van der Waals surface area contributed by atoms with Crippen LogP contribution in [-0.4, -0.2) is 14.6 Å². The van der Waals surface area contributed by atoms with E-state index in [0.717, 1.165) is 21.4 Å². The van der Waals surface area contributed by atoms with E-state index >= 15 is 0 Å². The first-order chi connectivity index (χ1) is 11.6. The summed E-state index contributed by atoms with van der Waals surface area (Å²) in [5, 5.41) is 11.2. The van der Waals surface area contributed by atoms with Crippen LogP contribution in [0.3, 0.4) is 0 Å². The van der Waals surface area contributed by atoms with Crippen molar-refractivity contribution >= 4 is 43.8 Å². The highest BCUT2D eigenvalue weighted by Crippen LogP contribution is 2.31. The standard InChI is InChI=1S/C17H13ClN4OS/c1-10(11-6-7-14(18)13-5-3-2-4-12(11)13)20-16-21-22-15(23)8-9-19-17(22)24-16/h2-10H,1H3,(H,20,21). The largest absolute Gasteiger partial charge is 0.354 e. The zero-order valence-corrected chi connectivity index (χ0v) is 14.3. The Morgan fingerprint density at radius 3 is 2.75 bits per heavy atom. The third kappa shape index (κ3) is 2.53. The summed E-state index contributed by atoms with van der Waals surface area (Å²) in [5.74, 6) is 0. The molecule has 0 amide bonds. The molecule has 0 aliphatic heterocycles. The van der Waals surface area contributed by atoms with Gasteiger partial charge in [-0.1, -0.05) is 53.3 Å². The molecule has 120 valence electrons. The topological polar surface area (TPSA) is 59.3 Å². The molecule has 0 aliphatic rings. The average Bonchev–Trinajstić information content (AvgIpc) is 2.99. The van der Waals surface area contributed by atoms with Crippen molar-refractivity contribution in [2.24, 2.45) is 0 Å². The Kier molecular flexibility index (Phi) is 3.70. The van der Waals surface area contributed by atoms with Crippen molar-refractivity contribution in [2.75, 3.05) is 5.32 Å². The molecular weight excluding hydrogens is 344 g/mol. The zero-order valence-electron chi connectivity index (χ0n) is 12.7. The minimum atomic E-state index is -0.186. The molecule has 4 rings (SSSR count). The number of anilines is 1. The van der Waals surface area contributed by atoms with Crippen LogP contribution in [0.4, 0.5) is 5.13 Å². The van der Waals surface area contributed by atoms with Crippen LogP contribution in [0.1, 0.15) is 18.5 Å². The third-order valence-corrected chi connectivity index (χ3v) is 5.07. The van der Waals surface area contributed by atoms with Gasteiger partial charge in [0.2, 0.25) is 10.1 Å². The van der Waals surface area contributed by atoms with Gasteiger partial charge in [0.25, 0.3) is 5.56 Å². The summed E-state index contributed by atoms with van der Waals surface area (Å²) in [6, 6.07) is 13.4. The van der Waals surface area contributed by atoms with E-state index in [2.05, 4.69) is 28.4 Å². The van der Waals surface area contributed by atoms with Crippen LogP contribution in [0, 0.1) is 0 Å². The smallest absolute Gasteiger partial charge is 0.275 e. The molecule has 0 saturated carbocycles. The lowest BCUT2D eigenvalue weighted by Crippen LogP contribution is -2.13. The number of aromatic nitrogens is 3. The van der Waals surface area contributed by atoms with Crippen LogP contribution in [0.25, 0.3) is 15.7 Å². The summed E-state index contributed by atoms with van der Waals surface area (Å²) < 4.78 is 1.31. The maximum absolute atomic E-state index is 11.8. The molecule has 4 aromatic rings. The normalized spacial score (nSPS) is 12.6. The fourth-order valence-electron chi connectivity index (χ4n) is 2.73. The van der Waals surface area contributed by atoms with Crippen molar-refractivity contribution in [3.05, 3.63) is 69.6 Å². The van der Waals surface area contributed by atoms with Crippen LogP contribution < -0.4 is 10.9 Å². The minimum absolute atomic E-state index is 0.00318. The van der Waals surface area contributed by atoms with Gasteiger partial charge in [-0.15, -0.1) is 5.10 Å². The summed E-state index contributed by atoms with van der Waals surface area (Å²) in [5.41, 5.74) is 0.934. The Morgan fingerprint density at radius 1 is 1.17 bits per heavy atom. The Morgan fingerprint density at radius 2 is 1.96 bits per heavy atom. The second-order valence-corrected chi connectivity index (χ2v) is 6.80. The number of nitrogens with zero attached hydrogens (tertiary/aromatic N) is 3. The molecular formula is C17H13ClN4OS. The Bertz CT molecular complexity index is 1100. The molecule has 24 heavy (non-hydrogen) atoms. The van der Waals surface area contributed by atoms with Crippen molar-refractivity contribution in [2.45, 2.75) is 13.0 Å². The molecule has 1 N–H and O–H groups in total. The van der Waals surface area contributed by atoms with Gasteiger partial charge in [0.05, 0.1) is 6.04 Å².